The van der Waals surface area contributed by atoms with E-state index in [9.17, 15) is 4.79 Å². The molecule has 0 spiro atoms. The van der Waals surface area contributed by atoms with Crippen molar-refractivity contribution in [1.82, 2.24) is 25.7 Å². The van der Waals surface area contributed by atoms with Gasteiger partial charge in [-0.25, -0.2) is 0 Å². The molecule has 1 aromatic heterocycles. The zero-order valence-electron chi connectivity index (χ0n) is 16.0. The van der Waals surface area contributed by atoms with Crippen LogP contribution >= 0.6 is 12.4 Å². The van der Waals surface area contributed by atoms with Crippen molar-refractivity contribution >= 4 is 18.3 Å². The Hall–Kier alpha value is -1.89. The number of aromatic amines is 1. The average Bonchev–Trinajstić information content (AvgIpc) is 3.21. The highest BCUT2D eigenvalue weighted by Crippen LogP contribution is 2.37. The number of carbonyl (C=O) groups excluding carboxylic acids is 1. The highest BCUT2D eigenvalue weighted by Gasteiger charge is 2.41. The van der Waals surface area contributed by atoms with Crippen LogP contribution < -0.4 is 10.6 Å². The van der Waals surface area contributed by atoms with Crippen molar-refractivity contribution < 1.29 is 4.79 Å². The fourth-order valence-electron chi connectivity index (χ4n) is 5.11. The van der Waals surface area contributed by atoms with E-state index in [4.69, 9.17) is 0 Å². The Balaban J connectivity index is 0.00000192. The van der Waals surface area contributed by atoms with Crippen molar-refractivity contribution in [3.63, 3.8) is 0 Å². The predicted octanol–water partition coefficient (Wildman–Crippen LogP) is 2.40. The molecule has 2 unspecified atom stereocenters. The zero-order chi connectivity index (χ0) is 18.2. The van der Waals surface area contributed by atoms with Gasteiger partial charge in [-0.2, -0.15) is 5.10 Å². The summed E-state index contributed by atoms with van der Waals surface area (Å²) >= 11 is 0. The third-order valence-electron chi connectivity index (χ3n) is 6.45. The number of rotatable bonds is 4. The van der Waals surface area contributed by atoms with E-state index in [1.165, 1.54) is 18.4 Å². The molecule has 150 valence electrons. The fourth-order valence-corrected chi connectivity index (χ4v) is 5.11. The van der Waals surface area contributed by atoms with Gasteiger partial charge >= 0.3 is 0 Å². The molecule has 1 amide bonds. The van der Waals surface area contributed by atoms with Gasteiger partial charge in [0.05, 0.1) is 0 Å². The van der Waals surface area contributed by atoms with E-state index in [-0.39, 0.29) is 24.4 Å². The maximum Gasteiger partial charge on any atom is 0.272 e. The maximum atomic E-state index is 12.8. The summed E-state index contributed by atoms with van der Waals surface area (Å²) in [6, 6.07) is 12.1. The van der Waals surface area contributed by atoms with Gasteiger partial charge in [0.15, 0.2) is 5.69 Å². The third-order valence-corrected chi connectivity index (χ3v) is 6.45. The van der Waals surface area contributed by atoms with Crippen molar-refractivity contribution in [2.75, 3.05) is 6.54 Å². The largest absolute Gasteiger partial charge is 0.348 e. The van der Waals surface area contributed by atoms with Gasteiger partial charge in [0.25, 0.3) is 5.91 Å². The standard InChI is InChI=1S/C21H27N5O.ClH/c27-21(20-18-12-22-9-8-19(18)24-25-20)23-15-10-16-6-7-17(11-15)26(16)13-14-4-2-1-3-5-14;/h1-5,15-17,22H,6-13H2,(H,23,27)(H,24,25);1H. The number of H-pyrrole nitrogens is 1. The Morgan fingerprint density at radius 1 is 1.18 bits per heavy atom. The van der Waals surface area contributed by atoms with Gasteiger partial charge in [0.2, 0.25) is 0 Å². The van der Waals surface area contributed by atoms with E-state index >= 15 is 0 Å². The molecule has 2 aromatic rings. The summed E-state index contributed by atoms with van der Waals surface area (Å²) in [4.78, 5) is 15.5. The van der Waals surface area contributed by atoms with E-state index in [1.54, 1.807) is 0 Å². The lowest BCUT2D eigenvalue weighted by Gasteiger charge is -2.39. The van der Waals surface area contributed by atoms with Crippen LogP contribution in [0.25, 0.3) is 0 Å². The predicted molar refractivity (Wildman–Crippen MR) is 111 cm³/mol. The van der Waals surface area contributed by atoms with E-state index in [2.05, 4.69) is 56.1 Å². The minimum absolute atomic E-state index is 0. The molecule has 0 radical (unpaired) electrons. The average molecular weight is 402 g/mol. The van der Waals surface area contributed by atoms with Gasteiger partial charge in [0, 0.05) is 55.4 Å². The van der Waals surface area contributed by atoms with Crippen LogP contribution in [0.3, 0.4) is 0 Å². The molecular weight excluding hydrogens is 374 g/mol. The van der Waals surface area contributed by atoms with E-state index < -0.39 is 0 Å². The number of amides is 1. The van der Waals surface area contributed by atoms with Crippen molar-refractivity contribution in [2.24, 2.45) is 0 Å². The summed E-state index contributed by atoms with van der Waals surface area (Å²) in [5, 5.41) is 14.0. The monoisotopic (exact) mass is 401 g/mol. The van der Waals surface area contributed by atoms with Crippen LogP contribution in [0.15, 0.2) is 30.3 Å². The first kappa shape index (κ1) is 19.4. The zero-order valence-corrected chi connectivity index (χ0v) is 16.8. The quantitative estimate of drug-likeness (QED) is 0.735. The molecule has 3 aliphatic heterocycles. The number of halogens is 1. The van der Waals surface area contributed by atoms with Crippen LogP contribution in [0.4, 0.5) is 0 Å². The number of hydrogen-bond acceptors (Lipinski definition) is 4. The van der Waals surface area contributed by atoms with Crippen molar-refractivity contribution in [1.29, 1.82) is 0 Å². The summed E-state index contributed by atoms with van der Waals surface area (Å²) in [5.41, 5.74) is 4.11. The lowest BCUT2D eigenvalue weighted by molar-refractivity contribution is 0.0822. The number of piperidine rings is 1. The Labute approximate surface area is 171 Å². The number of nitrogens with one attached hydrogen (secondary N) is 3. The van der Waals surface area contributed by atoms with Gasteiger partial charge < -0.3 is 10.6 Å². The summed E-state index contributed by atoms with van der Waals surface area (Å²) in [6.45, 7) is 2.70. The number of benzene rings is 1. The van der Waals surface area contributed by atoms with Crippen molar-refractivity contribution in [3.05, 3.63) is 52.8 Å². The van der Waals surface area contributed by atoms with Gasteiger partial charge in [-0.15, -0.1) is 12.4 Å². The summed E-state index contributed by atoms with van der Waals surface area (Å²) in [5.74, 6) is -0.0166. The number of carbonyl (C=O) groups is 1. The lowest BCUT2D eigenvalue weighted by atomic mass is 9.96. The maximum absolute atomic E-state index is 12.8. The van der Waals surface area contributed by atoms with E-state index in [0.29, 0.717) is 17.8 Å². The van der Waals surface area contributed by atoms with Gasteiger partial charge in [-0.3, -0.25) is 14.8 Å². The minimum atomic E-state index is -0.0166. The molecule has 7 heteroatoms. The topological polar surface area (TPSA) is 73.0 Å². The number of aromatic nitrogens is 2. The second-order valence-corrected chi connectivity index (χ2v) is 8.14. The van der Waals surface area contributed by atoms with Crippen LogP contribution in [0, 0.1) is 0 Å². The number of nitrogens with zero attached hydrogens (tertiary/aromatic N) is 2. The summed E-state index contributed by atoms with van der Waals surface area (Å²) in [7, 11) is 0. The Bertz CT molecular complexity index is 809. The van der Waals surface area contributed by atoms with Crippen LogP contribution in [0.1, 0.15) is 53.0 Å². The first-order chi connectivity index (χ1) is 13.3. The highest BCUT2D eigenvalue weighted by atomic mass is 35.5. The second-order valence-electron chi connectivity index (χ2n) is 8.14. The van der Waals surface area contributed by atoms with Crippen LogP contribution in [-0.2, 0) is 19.5 Å². The van der Waals surface area contributed by atoms with Crippen molar-refractivity contribution in [3.8, 4) is 0 Å². The summed E-state index contributed by atoms with van der Waals surface area (Å²) < 4.78 is 0. The fraction of sp³-hybridized carbons (Fsp3) is 0.524. The minimum Gasteiger partial charge on any atom is -0.348 e. The van der Waals surface area contributed by atoms with Gasteiger partial charge in [-0.1, -0.05) is 30.3 Å². The molecule has 0 aliphatic carbocycles. The highest BCUT2D eigenvalue weighted by molar-refractivity contribution is 5.94. The Morgan fingerprint density at radius 3 is 2.68 bits per heavy atom. The Morgan fingerprint density at radius 2 is 1.93 bits per heavy atom. The molecule has 3 N–H and O–H groups in total. The molecule has 0 saturated carbocycles. The lowest BCUT2D eigenvalue weighted by Crippen LogP contribution is -2.50. The molecule has 1 aromatic carbocycles. The van der Waals surface area contributed by atoms with Crippen molar-refractivity contribution in [2.45, 2.75) is 63.3 Å². The molecule has 6 nitrogen and oxygen atoms in total. The van der Waals surface area contributed by atoms with Crippen LogP contribution in [0.2, 0.25) is 0 Å². The molecule has 4 heterocycles. The molecular formula is C21H28ClN5O. The van der Waals surface area contributed by atoms with Crippen LogP contribution in [-0.4, -0.2) is 45.7 Å². The molecule has 2 fully saturated rings. The molecule has 2 saturated heterocycles. The van der Waals surface area contributed by atoms with E-state index in [0.717, 1.165) is 50.2 Å². The molecule has 28 heavy (non-hydrogen) atoms. The van der Waals surface area contributed by atoms with Gasteiger partial charge in [0.1, 0.15) is 0 Å². The normalized spacial score (nSPS) is 26.4. The summed E-state index contributed by atoms with van der Waals surface area (Å²) in [6.07, 6.45) is 5.48. The SMILES string of the molecule is Cl.O=C(NC1CC2CCC(C1)N2Cc1ccccc1)c1n[nH]c2c1CNCC2. The molecule has 5 rings (SSSR count). The van der Waals surface area contributed by atoms with Crippen LogP contribution in [0.5, 0.6) is 0 Å². The Kier molecular flexibility index (Phi) is 5.71. The molecule has 2 bridgehead atoms. The first-order valence-corrected chi connectivity index (χ1v) is 10.2. The number of fused-ring (bicyclic) bond motifs is 3. The first-order valence-electron chi connectivity index (χ1n) is 10.2. The second kappa shape index (κ2) is 8.23. The third kappa shape index (κ3) is 3.69. The number of hydrogen-bond donors (Lipinski definition) is 3. The van der Waals surface area contributed by atoms with E-state index in [1.807, 2.05) is 0 Å². The smallest absolute Gasteiger partial charge is 0.272 e. The van der Waals surface area contributed by atoms with Gasteiger partial charge in [-0.05, 0) is 31.2 Å². The molecule has 2 atom stereocenters. The molecule has 3 aliphatic rings.